The number of hydrogen-bond acceptors (Lipinski definition) is 3. The minimum atomic E-state index is -1.14. The maximum Gasteiger partial charge on any atom is 0.307 e. The summed E-state index contributed by atoms with van der Waals surface area (Å²) >= 11 is 0. The van der Waals surface area contributed by atoms with Gasteiger partial charge < -0.3 is 15.3 Å². The molecule has 1 rings (SSSR count). The van der Waals surface area contributed by atoms with Crippen molar-refractivity contribution in [2.75, 3.05) is 6.61 Å². The molecular weight excluding hydrogens is 152 g/mol. The zero-order valence-corrected chi connectivity index (χ0v) is 5.60. The molecule has 2 atom stereocenters. The van der Waals surface area contributed by atoms with Crippen LogP contribution in [0.25, 0.3) is 0 Å². The molecule has 62 valence electrons. The van der Waals surface area contributed by atoms with Crippen molar-refractivity contribution in [2.45, 2.75) is 0 Å². The van der Waals surface area contributed by atoms with Gasteiger partial charge in [-0.15, -0.1) is 0 Å². The number of hydrogen-bond donors (Lipinski definition) is 3. The molecule has 1 aliphatic carbocycles. The molecule has 1 fully saturated rings. The smallest absolute Gasteiger partial charge is 0.307 e. The molecule has 0 radical (unpaired) electrons. The van der Waals surface area contributed by atoms with Crippen molar-refractivity contribution in [3.05, 3.63) is 0 Å². The third-order valence-corrected chi connectivity index (χ3v) is 1.95. The fourth-order valence-corrected chi connectivity index (χ4v) is 1.27. The van der Waals surface area contributed by atoms with Crippen molar-refractivity contribution in [1.82, 2.24) is 0 Å². The SMILES string of the molecule is O=C(O)C1C(CO)C1C(=O)O. The van der Waals surface area contributed by atoms with E-state index in [2.05, 4.69) is 0 Å². The Morgan fingerprint density at radius 3 is 1.55 bits per heavy atom. The maximum atomic E-state index is 10.3. The second-order valence-corrected chi connectivity index (χ2v) is 2.57. The Morgan fingerprint density at radius 1 is 1.09 bits per heavy atom. The molecule has 0 aliphatic heterocycles. The summed E-state index contributed by atoms with van der Waals surface area (Å²) in [5.74, 6) is -4.66. The average molecular weight is 160 g/mol. The van der Waals surface area contributed by atoms with Gasteiger partial charge in [0.1, 0.15) is 0 Å². The predicted molar refractivity (Wildman–Crippen MR) is 32.8 cm³/mol. The maximum absolute atomic E-state index is 10.3. The van der Waals surface area contributed by atoms with Crippen LogP contribution in [0.3, 0.4) is 0 Å². The zero-order valence-electron chi connectivity index (χ0n) is 5.60. The minimum absolute atomic E-state index is 0.367. The normalized spacial score (nSPS) is 34.8. The summed E-state index contributed by atoms with van der Waals surface area (Å²) in [6.07, 6.45) is 0. The van der Waals surface area contributed by atoms with Crippen LogP contribution in [0, 0.1) is 17.8 Å². The third kappa shape index (κ3) is 1.19. The lowest BCUT2D eigenvalue weighted by atomic mass is 10.3. The molecular formula is C6H8O5. The van der Waals surface area contributed by atoms with Crippen LogP contribution >= 0.6 is 0 Å². The highest BCUT2D eigenvalue weighted by atomic mass is 16.4. The van der Waals surface area contributed by atoms with Gasteiger partial charge in [-0.3, -0.25) is 9.59 Å². The van der Waals surface area contributed by atoms with E-state index in [0.717, 1.165) is 0 Å². The van der Waals surface area contributed by atoms with Crippen LogP contribution in [0.5, 0.6) is 0 Å². The number of carboxylic acid groups (broad SMARTS) is 2. The Labute approximate surface area is 62.3 Å². The number of aliphatic carboxylic acids is 2. The molecule has 0 aromatic carbocycles. The van der Waals surface area contributed by atoms with Crippen molar-refractivity contribution in [1.29, 1.82) is 0 Å². The Bertz CT molecular complexity index is 179. The van der Waals surface area contributed by atoms with Crippen molar-refractivity contribution in [3.8, 4) is 0 Å². The first-order chi connectivity index (χ1) is 5.09. The van der Waals surface area contributed by atoms with Crippen molar-refractivity contribution in [2.24, 2.45) is 17.8 Å². The number of aliphatic hydroxyl groups is 1. The highest BCUT2D eigenvalue weighted by Gasteiger charge is 2.59. The van der Waals surface area contributed by atoms with Crippen LogP contribution in [0.4, 0.5) is 0 Å². The van der Waals surface area contributed by atoms with Gasteiger partial charge >= 0.3 is 11.9 Å². The van der Waals surface area contributed by atoms with Gasteiger partial charge in [0.25, 0.3) is 0 Å². The predicted octanol–water partition coefficient (Wildman–Crippen LogP) is -0.990. The molecule has 5 nitrogen and oxygen atoms in total. The molecule has 0 spiro atoms. The Kier molecular flexibility index (Phi) is 1.82. The van der Waals surface area contributed by atoms with E-state index in [1.165, 1.54) is 0 Å². The first-order valence-electron chi connectivity index (χ1n) is 3.16. The highest BCUT2D eigenvalue weighted by Crippen LogP contribution is 2.46. The molecule has 11 heavy (non-hydrogen) atoms. The Hall–Kier alpha value is -1.10. The molecule has 0 heterocycles. The first-order valence-corrected chi connectivity index (χ1v) is 3.16. The second-order valence-electron chi connectivity index (χ2n) is 2.57. The molecule has 2 unspecified atom stereocenters. The monoisotopic (exact) mass is 160 g/mol. The van der Waals surface area contributed by atoms with E-state index in [-0.39, 0.29) is 6.61 Å². The summed E-state index contributed by atoms with van der Waals surface area (Å²) in [6.45, 7) is -0.367. The van der Waals surface area contributed by atoms with E-state index in [0.29, 0.717) is 0 Å². The molecule has 5 heteroatoms. The highest BCUT2D eigenvalue weighted by molar-refractivity contribution is 5.86. The van der Waals surface area contributed by atoms with Gasteiger partial charge in [-0.25, -0.2) is 0 Å². The summed E-state index contributed by atoms with van der Waals surface area (Å²) in [5, 5.41) is 25.3. The first kappa shape index (κ1) is 8.00. The van der Waals surface area contributed by atoms with Gasteiger partial charge in [0, 0.05) is 12.5 Å². The number of carbonyl (C=O) groups is 2. The average Bonchev–Trinajstić information content (AvgIpc) is 2.59. The van der Waals surface area contributed by atoms with Crippen molar-refractivity contribution in [3.63, 3.8) is 0 Å². The minimum Gasteiger partial charge on any atom is -0.481 e. The van der Waals surface area contributed by atoms with Gasteiger partial charge in [-0.05, 0) is 0 Å². The molecule has 0 aromatic rings. The molecule has 3 N–H and O–H groups in total. The Balaban J connectivity index is 2.59. The van der Waals surface area contributed by atoms with Gasteiger partial charge in [0.15, 0.2) is 0 Å². The zero-order chi connectivity index (χ0) is 8.59. The molecule has 1 aliphatic rings. The van der Waals surface area contributed by atoms with Gasteiger partial charge in [0.05, 0.1) is 11.8 Å². The van der Waals surface area contributed by atoms with Crippen LogP contribution in [0.2, 0.25) is 0 Å². The van der Waals surface area contributed by atoms with E-state index in [1.54, 1.807) is 0 Å². The van der Waals surface area contributed by atoms with Crippen LogP contribution in [-0.2, 0) is 9.59 Å². The third-order valence-electron chi connectivity index (χ3n) is 1.95. The van der Waals surface area contributed by atoms with Gasteiger partial charge in [0.2, 0.25) is 0 Å². The lowest BCUT2D eigenvalue weighted by Crippen LogP contribution is -2.05. The summed E-state index contributed by atoms with van der Waals surface area (Å²) in [6, 6.07) is 0. The largest absolute Gasteiger partial charge is 0.481 e. The van der Waals surface area contributed by atoms with Crippen molar-refractivity contribution < 1.29 is 24.9 Å². The fraction of sp³-hybridized carbons (Fsp3) is 0.667. The summed E-state index contributed by atoms with van der Waals surface area (Å²) in [4.78, 5) is 20.5. The van der Waals surface area contributed by atoms with E-state index in [9.17, 15) is 9.59 Å². The molecule has 0 saturated heterocycles. The van der Waals surface area contributed by atoms with E-state index >= 15 is 0 Å². The standard InChI is InChI=1S/C6H8O5/c7-1-2-3(5(8)9)4(2)6(10)11/h2-4,7H,1H2,(H,8,9)(H,10,11). The Morgan fingerprint density at radius 2 is 1.45 bits per heavy atom. The van der Waals surface area contributed by atoms with E-state index < -0.39 is 29.7 Å². The van der Waals surface area contributed by atoms with Gasteiger partial charge in [-0.1, -0.05) is 0 Å². The number of carboxylic acids is 2. The fourth-order valence-electron chi connectivity index (χ4n) is 1.27. The summed E-state index contributed by atoms with van der Waals surface area (Å²) < 4.78 is 0. The summed E-state index contributed by atoms with van der Waals surface area (Å²) in [5.41, 5.74) is 0. The van der Waals surface area contributed by atoms with Crippen LogP contribution < -0.4 is 0 Å². The van der Waals surface area contributed by atoms with Crippen LogP contribution in [0.1, 0.15) is 0 Å². The lowest BCUT2D eigenvalue weighted by molar-refractivity contribution is -0.144. The van der Waals surface area contributed by atoms with Crippen LogP contribution in [0.15, 0.2) is 0 Å². The number of rotatable bonds is 3. The molecule has 1 saturated carbocycles. The quantitative estimate of drug-likeness (QED) is 0.492. The van der Waals surface area contributed by atoms with Gasteiger partial charge in [-0.2, -0.15) is 0 Å². The molecule has 0 bridgehead atoms. The topological polar surface area (TPSA) is 94.8 Å². The van der Waals surface area contributed by atoms with Crippen molar-refractivity contribution >= 4 is 11.9 Å². The lowest BCUT2D eigenvalue weighted by Gasteiger charge is -1.84. The molecule has 0 amide bonds. The second kappa shape index (κ2) is 2.50. The van der Waals surface area contributed by atoms with E-state index in [1.807, 2.05) is 0 Å². The van der Waals surface area contributed by atoms with Crippen LogP contribution in [-0.4, -0.2) is 33.9 Å². The summed E-state index contributed by atoms with van der Waals surface area (Å²) in [7, 11) is 0. The molecule has 0 aromatic heterocycles. The van der Waals surface area contributed by atoms with E-state index in [4.69, 9.17) is 15.3 Å². The number of aliphatic hydroxyl groups excluding tert-OH is 1.